The maximum atomic E-state index is 12.6. The number of aryl methyl sites for hydroxylation is 2. The number of anilines is 1. The van der Waals surface area contributed by atoms with Gasteiger partial charge in [0.05, 0.1) is 23.5 Å². The monoisotopic (exact) mass is 479 g/mol. The molecule has 1 saturated heterocycles. The number of Topliss-reactive ketones (excluding diaryl/α,β-unsaturated/α-hetero) is 1. The van der Waals surface area contributed by atoms with Crippen LogP contribution in [0.5, 0.6) is 5.75 Å². The minimum atomic E-state index is -3.39. The van der Waals surface area contributed by atoms with Crippen LogP contribution in [0.4, 0.5) is 5.69 Å². The van der Waals surface area contributed by atoms with Gasteiger partial charge in [-0.2, -0.15) is 5.26 Å². The summed E-state index contributed by atoms with van der Waals surface area (Å²) in [5.74, 6) is 0.304. The Balaban J connectivity index is 0.000000192. The Kier molecular flexibility index (Phi) is 6.78. The Bertz CT molecular complexity index is 1270. The van der Waals surface area contributed by atoms with Gasteiger partial charge >= 0.3 is 0 Å². The van der Waals surface area contributed by atoms with Gasteiger partial charge in [-0.3, -0.25) is 9.52 Å². The predicted molar refractivity (Wildman–Crippen MR) is 132 cm³/mol. The molecule has 5 rings (SSSR count). The van der Waals surface area contributed by atoms with Gasteiger partial charge in [-0.25, -0.2) is 8.42 Å². The average molecular weight is 480 g/mol. The third-order valence-electron chi connectivity index (χ3n) is 6.55. The van der Waals surface area contributed by atoms with E-state index in [4.69, 9.17) is 10.00 Å². The van der Waals surface area contributed by atoms with Crippen LogP contribution in [0.25, 0.3) is 0 Å². The van der Waals surface area contributed by atoms with Crippen LogP contribution >= 0.6 is 0 Å². The van der Waals surface area contributed by atoms with E-state index in [9.17, 15) is 13.2 Å². The van der Waals surface area contributed by atoms with Crippen LogP contribution in [0.1, 0.15) is 52.7 Å². The Hall–Kier alpha value is -3.15. The Morgan fingerprint density at radius 1 is 1.09 bits per heavy atom. The summed E-state index contributed by atoms with van der Waals surface area (Å²) in [6.07, 6.45) is 7.39. The van der Waals surface area contributed by atoms with Crippen LogP contribution < -0.4 is 14.8 Å². The molecule has 0 unspecified atom stereocenters. The lowest BCUT2D eigenvalue weighted by Crippen LogP contribution is -2.51. The topological polar surface area (TPSA) is 108 Å². The van der Waals surface area contributed by atoms with Crippen LogP contribution in [-0.2, 0) is 22.9 Å². The number of nitrogens with one attached hydrogen (secondary N) is 2. The fourth-order valence-electron chi connectivity index (χ4n) is 4.75. The molecule has 0 amide bonds. The summed E-state index contributed by atoms with van der Waals surface area (Å²) in [5.41, 5.74) is 4.13. The third kappa shape index (κ3) is 5.16. The number of ketones is 1. The molecule has 2 aromatic carbocycles. The van der Waals surface area contributed by atoms with Crippen LogP contribution in [0.15, 0.2) is 48.6 Å². The third-order valence-corrected chi connectivity index (χ3v) is 7.15. The first-order chi connectivity index (χ1) is 16.2. The summed E-state index contributed by atoms with van der Waals surface area (Å²) >= 11 is 0. The summed E-state index contributed by atoms with van der Waals surface area (Å²) in [7, 11) is -3.39. The summed E-state index contributed by atoms with van der Waals surface area (Å²) in [6.45, 7) is 5.48. The molecule has 0 aromatic heterocycles. The van der Waals surface area contributed by atoms with E-state index in [1.165, 1.54) is 36.5 Å². The minimum absolute atomic E-state index is 0.180. The lowest BCUT2D eigenvalue weighted by atomic mass is 9.79. The highest BCUT2D eigenvalue weighted by atomic mass is 32.2. The predicted octanol–water partition coefficient (Wildman–Crippen LogP) is 3.75. The first-order valence-corrected chi connectivity index (χ1v) is 13.4. The number of ether oxygens (including phenoxy) is 1. The number of rotatable bonds is 2. The number of fused-ring (bicyclic) bond motifs is 2. The molecule has 1 aliphatic carbocycles. The van der Waals surface area contributed by atoms with Crippen molar-refractivity contribution in [2.45, 2.75) is 44.1 Å². The standard InChI is InChI=1S/C15H18N2O4S.C11H11N/c1-10-14(18)12-9-11(17-22(2,19)20)3-4-13(12)21-15(10)5-7-16-8-6-15;12-8-9-5-6-10-3-1-2-4-11(10)7-9/h3-4,9,16-17H,1,5-8H2,2H3;5-7H,1-4H2. The van der Waals surface area contributed by atoms with Gasteiger partial charge < -0.3 is 10.1 Å². The van der Waals surface area contributed by atoms with Gasteiger partial charge in [-0.15, -0.1) is 0 Å². The molecule has 34 heavy (non-hydrogen) atoms. The number of sulfonamides is 1. The van der Waals surface area contributed by atoms with E-state index in [1.807, 2.05) is 12.1 Å². The van der Waals surface area contributed by atoms with E-state index >= 15 is 0 Å². The summed E-state index contributed by atoms with van der Waals surface area (Å²) < 4.78 is 31.1. The maximum absolute atomic E-state index is 12.6. The zero-order valence-corrected chi connectivity index (χ0v) is 20.1. The van der Waals surface area contributed by atoms with Crippen molar-refractivity contribution in [2.24, 2.45) is 0 Å². The molecular formula is C26H29N3O4S. The summed E-state index contributed by atoms with van der Waals surface area (Å²) in [5, 5.41) is 11.9. The van der Waals surface area contributed by atoms with E-state index in [1.54, 1.807) is 12.1 Å². The first kappa shape index (κ1) is 24.0. The molecular weight excluding hydrogens is 450 g/mol. The van der Waals surface area contributed by atoms with Crippen molar-refractivity contribution in [2.75, 3.05) is 24.1 Å². The minimum Gasteiger partial charge on any atom is -0.482 e. The van der Waals surface area contributed by atoms with Gasteiger partial charge in [0.1, 0.15) is 11.4 Å². The van der Waals surface area contributed by atoms with E-state index < -0.39 is 15.6 Å². The van der Waals surface area contributed by atoms with E-state index in [-0.39, 0.29) is 5.78 Å². The SMILES string of the molecule is C=C1C(=O)c2cc(NS(C)(=O)=O)ccc2OC12CCNCC2.N#Cc1ccc2c(c1)CCCC2. The first-order valence-electron chi connectivity index (χ1n) is 11.5. The number of nitriles is 1. The summed E-state index contributed by atoms with van der Waals surface area (Å²) in [6, 6.07) is 13.0. The average Bonchev–Trinajstić information content (AvgIpc) is 2.83. The molecule has 2 aromatic rings. The molecule has 0 saturated carbocycles. The van der Waals surface area contributed by atoms with Crippen molar-refractivity contribution < 1.29 is 17.9 Å². The van der Waals surface area contributed by atoms with Crippen LogP contribution in [-0.4, -0.2) is 39.1 Å². The number of hydrogen-bond acceptors (Lipinski definition) is 6. The van der Waals surface area contributed by atoms with Crippen LogP contribution in [0, 0.1) is 11.3 Å². The molecule has 0 atom stereocenters. The summed E-state index contributed by atoms with van der Waals surface area (Å²) in [4.78, 5) is 12.6. The molecule has 2 aliphatic heterocycles. The number of hydrogen-bond donors (Lipinski definition) is 2. The van der Waals surface area contributed by atoms with Crippen molar-refractivity contribution in [1.29, 1.82) is 5.26 Å². The number of benzene rings is 2. The fraction of sp³-hybridized carbons (Fsp3) is 0.385. The van der Waals surface area contributed by atoms with Gasteiger partial charge in [-0.1, -0.05) is 12.6 Å². The Labute approximate surface area is 200 Å². The molecule has 8 heteroatoms. The molecule has 0 radical (unpaired) electrons. The zero-order valence-electron chi connectivity index (χ0n) is 19.3. The van der Waals surface area contributed by atoms with Crippen molar-refractivity contribution in [3.05, 3.63) is 70.8 Å². The van der Waals surface area contributed by atoms with E-state index in [2.05, 4.69) is 28.8 Å². The number of nitrogens with zero attached hydrogens (tertiary/aromatic N) is 1. The van der Waals surface area contributed by atoms with Crippen LogP contribution in [0.2, 0.25) is 0 Å². The highest BCUT2D eigenvalue weighted by Gasteiger charge is 2.44. The Morgan fingerprint density at radius 2 is 1.79 bits per heavy atom. The molecule has 3 aliphatic rings. The molecule has 178 valence electrons. The van der Waals surface area contributed by atoms with Crippen molar-refractivity contribution >= 4 is 21.5 Å². The molecule has 2 N–H and O–H groups in total. The van der Waals surface area contributed by atoms with Gasteiger partial charge in [0, 0.05) is 24.1 Å². The van der Waals surface area contributed by atoms with Crippen LogP contribution in [0.3, 0.4) is 0 Å². The van der Waals surface area contributed by atoms with Gasteiger partial charge in [0.15, 0.2) is 5.78 Å². The highest BCUT2D eigenvalue weighted by Crippen LogP contribution is 2.41. The smallest absolute Gasteiger partial charge is 0.229 e. The lowest BCUT2D eigenvalue weighted by molar-refractivity contribution is 0.0542. The van der Waals surface area contributed by atoms with E-state index in [0.717, 1.165) is 31.3 Å². The molecule has 1 fully saturated rings. The second kappa shape index (κ2) is 9.61. The number of carbonyl (C=O) groups excluding carboxylic acids is 1. The van der Waals surface area contributed by atoms with Crippen molar-refractivity contribution in [1.82, 2.24) is 5.32 Å². The zero-order chi connectivity index (χ0) is 24.3. The molecule has 0 bridgehead atoms. The maximum Gasteiger partial charge on any atom is 0.229 e. The largest absolute Gasteiger partial charge is 0.482 e. The van der Waals surface area contributed by atoms with Crippen molar-refractivity contribution in [3.63, 3.8) is 0 Å². The lowest BCUT2D eigenvalue weighted by Gasteiger charge is -2.42. The number of carbonyl (C=O) groups is 1. The fourth-order valence-corrected chi connectivity index (χ4v) is 5.31. The molecule has 2 heterocycles. The van der Waals surface area contributed by atoms with Gasteiger partial charge in [-0.05, 0) is 80.2 Å². The molecule has 1 spiro atoms. The van der Waals surface area contributed by atoms with Crippen molar-refractivity contribution in [3.8, 4) is 11.8 Å². The normalized spacial score (nSPS) is 18.5. The second-order valence-corrected chi connectivity index (χ2v) is 10.8. The number of piperidine rings is 1. The van der Waals surface area contributed by atoms with Gasteiger partial charge in [0.2, 0.25) is 10.0 Å². The molecule has 7 nitrogen and oxygen atoms in total. The van der Waals surface area contributed by atoms with E-state index in [0.29, 0.717) is 35.4 Å². The quantitative estimate of drug-likeness (QED) is 0.635. The van der Waals surface area contributed by atoms with Gasteiger partial charge in [0.25, 0.3) is 0 Å². The highest BCUT2D eigenvalue weighted by molar-refractivity contribution is 7.92. The second-order valence-electron chi connectivity index (χ2n) is 9.04. The Morgan fingerprint density at radius 3 is 2.47 bits per heavy atom.